The summed E-state index contributed by atoms with van der Waals surface area (Å²) in [5, 5.41) is 9.11. The van der Waals surface area contributed by atoms with Gasteiger partial charge in [-0.1, -0.05) is 15.9 Å². The largest absolute Gasteiger partial charge is 0.493 e. The highest BCUT2D eigenvalue weighted by Crippen LogP contribution is 2.37. The van der Waals surface area contributed by atoms with Crippen molar-refractivity contribution in [1.82, 2.24) is 0 Å². The Morgan fingerprint density at radius 3 is 2.72 bits per heavy atom. The summed E-state index contributed by atoms with van der Waals surface area (Å²) in [6.45, 7) is 0.623. The molecular formula is C13H18BrNO3. The first-order valence-corrected chi connectivity index (χ1v) is 6.81. The minimum atomic E-state index is -0.425. The molecule has 1 aromatic rings. The van der Waals surface area contributed by atoms with Crippen LogP contribution in [0, 0.1) is 5.92 Å². The zero-order valence-corrected chi connectivity index (χ0v) is 11.9. The normalized spacial score (nSPS) is 16.4. The van der Waals surface area contributed by atoms with Gasteiger partial charge in [-0.05, 0) is 36.5 Å². The quantitative estimate of drug-likeness (QED) is 0.845. The predicted molar refractivity (Wildman–Crippen MR) is 72.9 cm³/mol. The molecular weight excluding hydrogens is 298 g/mol. The predicted octanol–water partition coefficient (Wildman–Crippen LogP) is 2.24. The molecule has 1 aliphatic carbocycles. The van der Waals surface area contributed by atoms with Gasteiger partial charge in [0.05, 0.1) is 26.4 Å². The number of ether oxygens (including phenoxy) is 2. The number of hydrogen-bond donors (Lipinski definition) is 2. The highest BCUT2D eigenvalue weighted by molar-refractivity contribution is 9.10. The molecule has 1 unspecified atom stereocenters. The van der Waals surface area contributed by atoms with Gasteiger partial charge in [-0.15, -0.1) is 0 Å². The van der Waals surface area contributed by atoms with Crippen molar-refractivity contribution < 1.29 is 14.6 Å². The van der Waals surface area contributed by atoms with Crippen LogP contribution in [-0.4, -0.2) is 25.4 Å². The van der Waals surface area contributed by atoms with Gasteiger partial charge < -0.3 is 20.3 Å². The van der Waals surface area contributed by atoms with Gasteiger partial charge >= 0.3 is 0 Å². The second-order valence-electron chi connectivity index (χ2n) is 4.57. The molecule has 1 aliphatic rings. The van der Waals surface area contributed by atoms with Gasteiger partial charge in [0.25, 0.3) is 0 Å². The van der Waals surface area contributed by atoms with Gasteiger partial charge in [-0.3, -0.25) is 0 Å². The second-order valence-corrected chi connectivity index (χ2v) is 5.42. The number of aliphatic hydroxyl groups is 1. The zero-order valence-electron chi connectivity index (χ0n) is 10.4. The minimum absolute atomic E-state index is 0.107. The number of hydrogen-bond acceptors (Lipinski definition) is 4. The molecule has 1 aromatic carbocycles. The standard InChI is InChI=1S/C13H18BrNO3/c1-17-12-4-9(11(15)6-16)10(14)5-13(12)18-7-8-2-3-8/h4-5,8,11,16H,2-3,6-7,15H2,1H3. The van der Waals surface area contributed by atoms with E-state index in [1.807, 2.05) is 12.1 Å². The van der Waals surface area contributed by atoms with Crippen molar-refractivity contribution >= 4 is 15.9 Å². The molecule has 3 N–H and O–H groups in total. The third kappa shape index (κ3) is 3.16. The van der Waals surface area contributed by atoms with Gasteiger partial charge in [0, 0.05) is 4.47 Å². The Hall–Kier alpha value is -0.780. The molecule has 18 heavy (non-hydrogen) atoms. The number of aliphatic hydroxyl groups excluding tert-OH is 1. The molecule has 0 bridgehead atoms. The summed E-state index contributed by atoms with van der Waals surface area (Å²) in [5.74, 6) is 2.05. The van der Waals surface area contributed by atoms with Crippen LogP contribution in [0.2, 0.25) is 0 Å². The molecule has 5 heteroatoms. The SMILES string of the molecule is COc1cc(C(N)CO)c(Br)cc1OCC1CC1. The number of nitrogens with two attached hydrogens (primary N) is 1. The van der Waals surface area contributed by atoms with Gasteiger partial charge in [0.2, 0.25) is 0 Å². The molecule has 1 saturated carbocycles. The van der Waals surface area contributed by atoms with Crippen LogP contribution in [0.15, 0.2) is 16.6 Å². The van der Waals surface area contributed by atoms with E-state index in [1.165, 1.54) is 12.8 Å². The van der Waals surface area contributed by atoms with Gasteiger partial charge in [0.15, 0.2) is 11.5 Å². The summed E-state index contributed by atoms with van der Waals surface area (Å²) in [6.07, 6.45) is 2.49. The van der Waals surface area contributed by atoms with Crippen molar-refractivity contribution in [1.29, 1.82) is 0 Å². The lowest BCUT2D eigenvalue weighted by molar-refractivity contribution is 0.265. The van der Waals surface area contributed by atoms with Crippen LogP contribution in [0.3, 0.4) is 0 Å². The summed E-state index contributed by atoms with van der Waals surface area (Å²) in [4.78, 5) is 0. The first-order chi connectivity index (χ1) is 8.65. The van der Waals surface area contributed by atoms with Crippen LogP contribution in [0.1, 0.15) is 24.4 Å². The lowest BCUT2D eigenvalue weighted by atomic mass is 10.1. The van der Waals surface area contributed by atoms with Crippen molar-refractivity contribution in [2.75, 3.05) is 20.3 Å². The smallest absolute Gasteiger partial charge is 0.162 e. The molecule has 1 atom stereocenters. The second kappa shape index (κ2) is 5.91. The highest BCUT2D eigenvalue weighted by atomic mass is 79.9. The van der Waals surface area contributed by atoms with E-state index in [2.05, 4.69) is 15.9 Å². The van der Waals surface area contributed by atoms with E-state index < -0.39 is 6.04 Å². The molecule has 0 aromatic heterocycles. The Bertz CT molecular complexity index is 421. The Morgan fingerprint density at radius 2 is 2.17 bits per heavy atom. The van der Waals surface area contributed by atoms with Crippen molar-refractivity contribution in [3.63, 3.8) is 0 Å². The van der Waals surface area contributed by atoms with E-state index in [0.29, 0.717) is 17.4 Å². The summed E-state index contributed by atoms with van der Waals surface area (Å²) in [6, 6.07) is 3.24. The lowest BCUT2D eigenvalue weighted by Gasteiger charge is -2.16. The third-order valence-electron chi connectivity index (χ3n) is 3.05. The number of methoxy groups -OCH3 is 1. The molecule has 1 fully saturated rings. The molecule has 2 rings (SSSR count). The fraction of sp³-hybridized carbons (Fsp3) is 0.538. The van der Waals surface area contributed by atoms with Crippen LogP contribution in [0.25, 0.3) is 0 Å². The van der Waals surface area contributed by atoms with Crippen molar-refractivity contribution in [3.05, 3.63) is 22.2 Å². The topological polar surface area (TPSA) is 64.7 Å². The Morgan fingerprint density at radius 1 is 1.44 bits per heavy atom. The van der Waals surface area contributed by atoms with E-state index in [1.54, 1.807) is 7.11 Å². The number of benzene rings is 1. The average molecular weight is 316 g/mol. The van der Waals surface area contributed by atoms with E-state index >= 15 is 0 Å². The summed E-state index contributed by atoms with van der Waals surface area (Å²) < 4.78 is 11.9. The molecule has 0 saturated heterocycles. The first-order valence-electron chi connectivity index (χ1n) is 6.02. The highest BCUT2D eigenvalue weighted by Gasteiger charge is 2.23. The Balaban J connectivity index is 2.20. The van der Waals surface area contributed by atoms with Gasteiger partial charge in [0.1, 0.15) is 0 Å². The Kier molecular flexibility index (Phi) is 4.48. The molecule has 100 valence electrons. The molecule has 0 radical (unpaired) electrons. The van der Waals surface area contributed by atoms with Crippen molar-refractivity contribution in [2.24, 2.45) is 11.7 Å². The zero-order chi connectivity index (χ0) is 13.1. The average Bonchev–Trinajstić information content (AvgIpc) is 3.19. The molecule has 4 nitrogen and oxygen atoms in total. The summed E-state index contributed by atoms with van der Waals surface area (Å²) in [5.41, 5.74) is 6.64. The van der Waals surface area contributed by atoms with E-state index in [4.69, 9.17) is 20.3 Å². The maximum absolute atomic E-state index is 9.11. The fourth-order valence-corrected chi connectivity index (χ4v) is 2.31. The maximum Gasteiger partial charge on any atom is 0.162 e. The van der Waals surface area contributed by atoms with Gasteiger partial charge in [-0.25, -0.2) is 0 Å². The molecule has 0 amide bonds. The fourth-order valence-electron chi connectivity index (χ4n) is 1.70. The summed E-state index contributed by atoms with van der Waals surface area (Å²) in [7, 11) is 1.60. The molecule has 0 aliphatic heterocycles. The summed E-state index contributed by atoms with van der Waals surface area (Å²) >= 11 is 3.45. The molecule has 0 spiro atoms. The molecule has 0 heterocycles. The van der Waals surface area contributed by atoms with Crippen molar-refractivity contribution in [2.45, 2.75) is 18.9 Å². The van der Waals surface area contributed by atoms with Crippen molar-refractivity contribution in [3.8, 4) is 11.5 Å². The number of halogens is 1. The van der Waals surface area contributed by atoms with Crippen LogP contribution in [0.5, 0.6) is 11.5 Å². The van der Waals surface area contributed by atoms with E-state index in [-0.39, 0.29) is 6.61 Å². The minimum Gasteiger partial charge on any atom is -0.493 e. The number of rotatable bonds is 6. The third-order valence-corrected chi connectivity index (χ3v) is 3.74. The van der Waals surface area contributed by atoms with Gasteiger partial charge in [-0.2, -0.15) is 0 Å². The lowest BCUT2D eigenvalue weighted by Crippen LogP contribution is -2.15. The van der Waals surface area contributed by atoms with E-state index in [9.17, 15) is 0 Å². The van der Waals surface area contributed by atoms with Crippen LogP contribution in [-0.2, 0) is 0 Å². The monoisotopic (exact) mass is 315 g/mol. The Labute approximate surface area is 115 Å². The van der Waals surface area contributed by atoms with Crippen LogP contribution >= 0.6 is 15.9 Å². The first kappa shape index (κ1) is 13.6. The maximum atomic E-state index is 9.11. The van der Waals surface area contributed by atoms with Crippen LogP contribution < -0.4 is 15.2 Å². The van der Waals surface area contributed by atoms with E-state index in [0.717, 1.165) is 16.6 Å². The van der Waals surface area contributed by atoms with Crippen LogP contribution in [0.4, 0.5) is 0 Å².